The fraction of sp³-hybridized carbons (Fsp3) is 0.389. The number of amides is 1. The molecule has 5 nitrogen and oxygen atoms in total. The highest BCUT2D eigenvalue weighted by molar-refractivity contribution is 6.05. The second-order valence-corrected chi connectivity index (χ2v) is 6.34. The van der Waals surface area contributed by atoms with Crippen molar-refractivity contribution in [3.8, 4) is 0 Å². The summed E-state index contributed by atoms with van der Waals surface area (Å²) in [5, 5.41) is 8.10. The normalized spacial score (nSPS) is 16.8. The zero-order chi connectivity index (χ0) is 16.6. The monoisotopic (exact) mass is 310 g/mol. The summed E-state index contributed by atoms with van der Waals surface area (Å²) in [5.74, 6) is 0.855. The topological polar surface area (TPSA) is 51.0 Å². The van der Waals surface area contributed by atoms with Gasteiger partial charge in [0.2, 0.25) is 5.91 Å². The molecule has 0 saturated carbocycles. The van der Waals surface area contributed by atoms with Gasteiger partial charge in [0.05, 0.1) is 12.5 Å². The number of benzene rings is 1. The molecule has 0 radical (unpaired) electrons. The van der Waals surface area contributed by atoms with Gasteiger partial charge < -0.3 is 9.47 Å². The summed E-state index contributed by atoms with van der Waals surface area (Å²) in [6.07, 6.45) is 1.72. The molecule has 1 aliphatic carbocycles. The zero-order valence-corrected chi connectivity index (χ0v) is 14.0. The average Bonchev–Trinajstić information content (AvgIpc) is 2.98. The number of aromatic nitrogens is 3. The first-order valence-corrected chi connectivity index (χ1v) is 7.90. The highest BCUT2D eigenvalue weighted by atomic mass is 16.2. The minimum atomic E-state index is -0.0854. The van der Waals surface area contributed by atoms with E-state index in [1.165, 1.54) is 5.57 Å². The zero-order valence-electron chi connectivity index (χ0n) is 14.0. The van der Waals surface area contributed by atoms with Gasteiger partial charge in [0.15, 0.2) is 5.82 Å². The number of rotatable bonds is 5. The molecule has 0 aliphatic heterocycles. The van der Waals surface area contributed by atoms with Gasteiger partial charge in [-0.25, -0.2) is 0 Å². The fourth-order valence-electron chi connectivity index (χ4n) is 2.97. The Morgan fingerprint density at radius 3 is 2.65 bits per heavy atom. The van der Waals surface area contributed by atoms with E-state index in [9.17, 15) is 4.79 Å². The Kier molecular flexibility index (Phi) is 4.03. The third-order valence-electron chi connectivity index (χ3n) is 4.35. The van der Waals surface area contributed by atoms with Crippen LogP contribution in [-0.4, -0.2) is 32.6 Å². The van der Waals surface area contributed by atoms with Crippen molar-refractivity contribution < 1.29 is 4.79 Å². The van der Waals surface area contributed by atoms with Crippen molar-refractivity contribution >= 4 is 11.5 Å². The predicted octanol–water partition coefficient (Wildman–Crippen LogP) is 2.92. The highest BCUT2D eigenvalue weighted by Crippen LogP contribution is 2.47. The second kappa shape index (κ2) is 5.99. The van der Waals surface area contributed by atoms with Crippen LogP contribution in [0.4, 0.5) is 0 Å². The Balaban J connectivity index is 1.69. The summed E-state index contributed by atoms with van der Waals surface area (Å²) in [4.78, 5) is 14.5. The van der Waals surface area contributed by atoms with Gasteiger partial charge in [-0.1, -0.05) is 35.9 Å². The standard InChI is InChI=1S/C18H22N4O/c1-12(2)22-11-19-20-15(22)10-21(4)18(23)17-13(3)16(17)14-8-6-5-7-9-14/h5-9,11-12,17H,10H2,1-4H3/t17-/m0/s1. The van der Waals surface area contributed by atoms with Crippen molar-refractivity contribution in [3.63, 3.8) is 0 Å². The van der Waals surface area contributed by atoms with Gasteiger partial charge in [0.25, 0.3) is 0 Å². The third-order valence-corrected chi connectivity index (χ3v) is 4.35. The first-order valence-electron chi connectivity index (χ1n) is 7.90. The van der Waals surface area contributed by atoms with Crippen LogP contribution in [-0.2, 0) is 11.3 Å². The van der Waals surface area contributed by atoms with E-state index in [0.29, 0.717) is 6.54 Å². The number of carbonyl (C=O) groups is 1. The lowest BCUT2D eigenvalue weighted by molar-refractivity contribution is -0.131. The van der Waals surface area contributed by atoms with Crippen molar-refractivity contribution in [2.45, 2.75) is 33.4 Å². The molecule has 1 atom stereocenters. The molecular weight excluding hydrogens is 288 g/mol. The molecule has 3 rings (SSSR count). The summed E-state index contributed by atoms with van der Waals surface area (Å²) < 4.78 is 2.00. The molecule has 5 heteroatoms. The van der Waals surface area contributed by atoms with Crippen LogP contribution in [0.5, 0.6) is 0 Å². The van der Waals surface area contributed by atoms with Gasteiger partial charge in [-0.2, -0.15) is 0 Å². The molecule has 1 heterocycles. The summed E-state index contributed by atoms with van der Waals surface area (Å²) in [7, 11) is 1.83. The van der Waals surface area contributed by atoms with Gasteiger partial charge in [-0.3, -0.25) is 4.79 Å². The first-order chi connectivity index (χ1) is 11.0. The number of hydrogen-bond donors (Lipinski definition) is 0. The summed E-state index contributed by atoms with van der Waals surface area (Å²) in [5.41, 5.74) is 3.47. The minimum Gasteiger partial charge on any atom is -0.337 e. The second-order valence-electron chi connectivity index (χ2n) is 6.34. The van der Waals surface area contributed by atoms with Crippen LogP contribution >= 0.6 is 0 Å². The Bertz CT molecular complexity index is 745. The quantitative estimate of drug-likeness (QED) is 0.853. The smallest absolute Gasteiger partial charge is 0.234 e. The van der Waals surface area contributed by atoms with Crippen LogP contribution in [0.2, 0.25) is 0 Å². The first kappa shape index (κ1) is 15.5. The molecule has 23 heavy (non-hydrogen) atoms. The van der Waals surface area contributed by atoms with E-state index in [1.807, 2.05) is 36.7 Å². The number of hydrogen-bond acceptors (Lipinski definition) is 3. The summed E-state index contributed by atoms with van der Waals surface area (Å²) in [6, 6.07) is 10.4. The Morgan fingerprint density at radius 1 is 1.30 bits per heavy atom. The average molecular weight is 310 g/mol. The van der Waals surface area contributed by atoms with E-state index >= 15 is 0 Å². The Labute approximate surface area is 136 Å². The van der Waals surface area contributed by atoms with Gasteiger partial charge >= 0.3 is 0 Å². The van der Waals surface area contributed by atoms with Crippen molar-refractivity contribution in [2.75, 3.05) is 7.05 Å². The summed E-state index contributed by atoms with van der Waals surface area (Å²) in [6.45, 7) is 6.67. The highest BCUT2D eigenvalue weighted by Gasteiger charge is 2.41. The Morgan fingerprint density at radius 2 is 2.00 bits per heavy atom. The van der Waals surface area contributed by atoms with Gasteiger partial charge in [0, 0.05) is 13.1 Å². The van der Waals surface area contributed by atoms with Crippen molar-refractivity contribution in [3.05, 3.63) is 53.6 Å². The number of nitrogens with zero attached hydrogens (tertiary/aromatic N) is 4. The van der Waals surface area contributed by atoms with E-state index in [0.717, 1.165) is 17.0 Å². The molecule has 0 fully saturated rings. The van der Waals surface area contributed by atoms with E-state index in [4.69, 9.17) is 0 Å². The molecular formula is C18H22N4O. The molecule has 1 aromatic carbocycles. The minimum absolute atomic E-state index is 0.0854. The molecule has 120 valence electrons. The van der Waals surface area contributed by atoms with Crippen LogP contribution in [0.25, 0.3) is 5.57 Å². The molecule has 2 aromatic rings. The SMILES string of the molecule is CC1=C(c2ccccc2)[C@H]1C(=O)N(C)Cc1nncn1C(C)C. The lowest BCUT2D eigenvalue weighted by atomic mass is 10.1. The van der Waals surface area contributed by atoms with Crippen LogP contribution < -0.4 is 0 Å². The van der Waals surface area contributed by atoms with Gasteiger partial charge in [0.1, 0.15) is 6.33 Å². The molecule has 1 aromatic heterocycles. The van der Waals surface area contributed by atoms with E-state index in [1.54, 1.807) is 11.2 Å². The van der Waals surface area contributed by atoms with Crippen LogP contribution in [0.15, 0.2) is 42.2 Å². The maximum atomic E-state index is 12.7. The van der Waals surface area contributed by atoms with Crippen LogP contribution in [0.3, 0.4) is 0 Å². The largest absolute Gasteiger partial charge is 0.337 e. The molecule has 1 aliphatic rings. The van der Waals surface area contributed by atoms with Gasteiger partial charge in [-0.15, -0.1) is 10.2 Å². The number of carbonyl (C=O) groups excluding carboxylic acids is 1. The maximum Gasteiger partial charge on any atom is 0.234 e. The molecule has 0 N–H and O–H groups in total. The molecule has 0 saturated heterocycles. The van der Waals surface area contributed by atoms with Crippen LogP contribution in [0, 0.1) is 5.92 Å². The molecule has 0 bridgehead atoms. The lowest BCUT2D eigenvalue weighted by Crippen LogP contribution is -2.30. The van der Waals surface area contributed by atoms with Crippen molar-refractivity contribution in [1.82, 2.24) is 19.7 Å². The van der Waals surface area contributed by atoms with E-state index in [2.05, 4.69) is 36.2 Å². The molecule has 1 amide bonds. The van der Waals surface area contributed by atoms with Crippen molar-refractivity contribution in [1.29, 1.82) is 0 Å². The Hall–Kier alpha value is -2.43. The lowest BCUT2D eigenvalue weighted by Gasteiger charge is -2.19. The predicted molar refractivity (Wildman–Crippen MR) is 89.4 cm³/mol. The molecule has 0 spiro atoms. The van der Waals surface area contributed by atoms with E-state index < -0.39 is 0 Å². The van der Waals surface area contributed by atoms with Crippen molar-refractivity contribution in [2.24, 2.45) is 5.92 Å². The van der Waals surface area contributed by atoms with Gasteiger partial charge in [-0.05, 0) is 31.9 Å². The van der Waals surface area contributed by atoms with Crippen LogP contribution in [0.1, 0.15) is 38.2 Å². The maximum absolute atomic E-state index is 12.7. The van der Waals surface area contributed by atoms with E-state index in [-0.39, 0.29) is 17.9 Å². The fourth-order valence-corrected chi connectivity index (χ4v) is 2.97. The third kappa shape index (κ3) is 2.91. The molecule has 0 unspecified atom stereocenters. The summed E-state index contributed by atoms with van der Waals surface area (Å²) >= 11 is 0.